The lowest BCUT2D eigenvalue weighted by Crippen LogP contribution is -2.27. The molecule has 14 heavy (non-hydrogen) atoms. The summed E-state index contributed by atoms with van der Waals surface area (Å²) in [5.74, 6) is 0. The molecule has 2 rings (SSSR count). The van der Waals surface area contributed by atoms with E-state index in [1.807, 2.05) is 19.4 Å². The zero-order chi connectivity index (χ0) is 9.97. The Kier molecular flexibility index (Phi) is 2.51. The topological polar surface area (TPSA) is 44.9 Å². The number of rotatable bonds is 2. The van der Waals surface area contributed by atoms with Gasteiger partial charge in [0.15, 0.2) is 0 Å². The van der Waals surface area contributed by atoms with Crippen molar-refractivity contribution in [3.8, 4) is 6.07 Å². The van der Waals surface area contributed by atoms with E-state index >= 15 is 0 Å². The molecular formula is C10H14N4. The molecule has 0 aromatic carbocycles. The van der Waals surface area contributed by atoms with Gasteiger partial charge in [-0.1, -0.05) is 0 Å². The van der Waals surface area contributed by atoms with E-state index in [9.17, 15) is 0 Å². The van der Waals surface area contributed by atoms with Crippen molar-refractivity contribution in [1.29, 1.82) is 5.26 Å². The van der Waals surface area contributed by atoms with Crippen LogP contribution < -0.4 is 0 Å². The Balaban J connectivity index is 2.01. The van der Waals surface area contributed by atoms with Gasteiger partial charge in [-0.2, -0.15) is 10.4 Å². The molecule has 4 heteroatoms. The number of hydrogen-bond donors (Lipinski definition) is 0. The summed E-state index contributed by atoms with van der Waals surface area (Å²) >= 11 is 0. The van der Waals surface area contributed by atoms with Crippen molar-refractivity contribution in [2.45, 2.75) is 25.4 Å². The fourth-order valence-electron chi connectivity index (χ4n) is 1.95. The highest BCUT2D eigenvalue weighted by Gasteiger charge is 2.23. The molecule has 0 N–H and O–H groups in total. The quantitative estimate of drug-likeness (QED) is 0.696. The Bertz CT molecular complexity index is 349. The second-order valence-electron chi connectivity index (χ2n) is 3.78. The Labute approximate surface area is 83.7 Å². The van der Waals surface area contributed by atoms with E-state index in [1.54, 1.807) is 4.68 Å². The van der Waals surface area contributed by atoms with E-state index < -0.39 is 0 Å². The van der Waals surface area contributed by atoms with Gasteiger partial charge >= 0.3 is 0 Å². The van der Waals surface area contributed by atoms with Crippen LogP contribution in [-0.4, -0.2) is 27.3 Å². The van der Waals surface area contributed by atoms with Crippen molar-refractivity contribution < 1.29 is 0 Å². The number of aryl methyl sites for hydroxylation is 1. The number of nitrogens with zero attached hydrogens (tertiary/aromatic N) is 4. The van der Waals surface area contributed by atoms with Crippen LogP contribution in [0.15, 0.2) is 12.4 Å². The second kappa shape index (κ2) is 3.81. The molecule has 4 nitrogen and oxygen atoms in total. The van der Waals surface area contributed by atoms with Gasteiger partial charge in [0, 0.05) is 25.4 Å². The molecule has 1 atom stereocenters. The maximum atomic E-state index is 8.91. The van der Waals surface area contributed by atoms with E-state index in [2.05, 4.69) is 16.1 Å². The summed E-state index contributed by atoms with van der Waals surface area (Å²) < 4.78 is 1.80. The summed E-state index contributed by atoms with van der Waals surface area (Å²) in [6.07, 6.45) is 6.02. The van der Waals surface area contributed by atoms with Gasteiger partial charge in [-0.05, 0) is 19.4 Å². The molecule has 1 aromatic rings. The fourth-order valence-corrected chi connectivity index (χ4v) is 1.95. The lowest BCUT2D eigenvalue weighted by atomic mass is 10.2. The standard InChI is InChI=1S/C10H14N4/c1-13-7-9(6-12-13)8-14-4-2-3-10(14)5-11/h6-7,10H,2-4,8H2,1H3. The fraction of sp³-hybridized carbons (Fsp3) is 0.600. The van der Waals surface area contributed by atoms with Crippen molar-refractivity contribution in [2.24, 2.45) is 7.05 Å². The van der Waals surface area contributed by atoms with Crippen LogP contribution in [0.1, 0.15) is 18.4 Å². The summed E-state index contributed by atoms with van der Waals surface area (Å²) in [6, 6.07) is 2.45. The monoisotopic (exact) mass is 190 g/mol. The third-order valence-corrected chi connectivity index (χ3v) is 2.66. The van der Waals surface area contributed by atoms with E-state index in [4.69, 9.17) is 5.26 Å². The van der Waals surface area contributed by atoms with Gasteiger partial charge in [-0.3, -0.25) is 9.58 Å². The van der Waals surface area contributed by atoms with Crippen molar-refractivity contribution in [3.05, 3.63) is 18.0 Å². The molecule has 1 unspecified atom stereocenters. The maximum Gasteiger partial charge on any atom is 0.0981 e. The van der Waals surface area contributed by atoms with Crippen molar-refractivity contribution in [1.82, 2.24) is 14.7 Å². The number of likely N-dealkylation sites (tertiary alicyclic amines) is 1. The summed E-state index contributed by atoms with van der Waals surface area (Å²) in [7, 11) is 1.91. The van der Waals surface area contributed by atoms with Gasteiger partial charge in [-0.15, -0.1) is 0 Å². The average molecular weight is 190 g/mol. The van der Waals surface area contributed by atoms with Crippen LogP contribution in [0.4, 0.5) is 0 Å². The second-order valence-corrected chi connectivity index (χ2v) is 3.78. The van der Waals surface area contributed by atoms with Crippen LogP contribution in [0.3, 0.4) is 0 Å². The molecule has 0 saturated carbocycles. The Morgan fingerprint density at radius 1 is 1.71 bits per heavy atom. The van der Waals surface area contributed by atoms with E-state index in [0.717, 1.165) is 25.9 Å². The zero-order valence-corrected chi connectivity index (χ0v) is 8.35. The average Bonchev–Trinajstić information content (AvgIpc) is 2.76. The molecule has 1 aliphatic heterocycles. The highest BCUT2D eigenvalue weighted by molar-refractivity contribution is 5.06. The maximum absolute atomic E-state index is 8.91. The Morgan fingerprint density at radius 2 is 2.57 bits per heavy atom. The van der Waals surface area contributed by atoms with Crippen LogP contribution in [0.5, 0.6) is 0 Å². The highest BCUT2D eigenvalue weighted by atomic mass is 15.2. The van der Waals surface area contributed by atoms with Gasteiger partial charge in [0.05, 0.1) is 18.3 Å². The minimum atomic E-state index is 0.107. The molecule has 74 valence electrons. The summed E-state index contributed by atoms with van der Waals surface area (Å²) in [6.45, 7) is 1.89. The Morgan fingerprint density at radius 3 is 3.21 bits per heavy atom. The first-order chi connectivity index (χ1) is 6.79. The lowest BCUT2D eigenvalue weighted by Gasteiger charge is -2.17. The lowest BCUT2D eigenvalue weighted by molar-refractivity contribution is 0.286. The minimum absolute atomic E-state index is 0.107. The minimum Gasteiger partial charge on any atom is -0.284 e. The SMILES string of the molecule is Cn1cc(CN2CCCC2C#N)cn1. The molecule has 2 heterocycles. The third-order valence-electron chi connectivity index (χ3n) is 2.66. The molecule has 1 fully saturated rings. The van der Waals surface area contributed by atoms with Crippen LogP contribution in [-0.2, 0) is 13.6 Å². The number of nitriles is 1. The predicted octanol–water partition coefficient (Wildman–Crippen LogP) is 0.908. The first-order valence-corrected chi connectivity index (χ1v) is 4.91. The van der Waals surface area contributed by atoms with Crippen molar-refractivity contribution in [3.63, 3.8) is 0 Å². The smallest absolute Gasteiger partial charge is 0.0981 e. The molecule has 0 bridgehead atoms. The number of hydrogen-bond acceptors (Lipinski definition) is 3. The zero-order valence-electron chi connectivity index (χ0n) is 8.35. The number of aromatic nitrogens is 2. The van der Waals surface area contributed by atoms with E-state index in [0.29, 0.717) is 0 Å². The molecule has 1 aromatic heterocycles. The van der Waals surface area contributed by atoms with E-state index in [1.165, 1.54) is 5.56 Å². The summed E-state index contributed by atoms with van der Waals surface area (Å²) in [5.41, 5.74) is 1.19. The highest BCUT2D eigenvalue weighted by Crippen LogP contribution is 2.18. The first-order valence-electron chi connectivity index (χ1n) is 4.91. The molecule has 0 aliphatic carbocycles. The summed E-state index contributed by atoms with van der Waals surface area (Å²) in [4.78, 5) is 2.22. The largest absolute Gasteiger partial charge is 0.284 e. The molecular weight excluding hydrogens is 176 g/mol. The molecule has 0 amide bonds. The van der Waals surface area contributed by atoms with Gasteiger partial charge < -0.3 is 0 Å². The van der Waals surface area contributed by atoms with Gasteiger partial charge in [0.25, 0.3) is 0 Å². The van der Waals surface area contributed by atoms with Crippen LogP contribution >= 0.6 is 0 Å². The third kappa shape index (κ3) is 1.78. The van der Waals surface area contributed by atoms with Crippen LogP contribution in [0.2, 0.25) is 0 Å². The van der Waals surface area contributed by atoms with Crippen molar-refractivity contribution in [2.75, 3.05) is 6.54 Å². The van der Waals surface area contributed by atoms with Crippen LogP contribution in [0, 0.1) is 11.3 Å². The first kappa shape index (κ1) is 9.22. The van der Waals surface area contributed by atoms with Gasteiger partial charge in [0.1, 0.15) is 0 Å². The Hall–Kier alpha value is -1.34. The molecule has 1 saturated heterocycles. The summed E-state index contributed by atoms with van der Waals surface area (Å²) in [5, 5.41) is 13.0. The van der Waals surface area contributed by atoms with E-state index in [-0.39, 0.29) is 6.04 Å². The predicted molar refractivity (Wildman–Crippen MR) is 52.3 cm³/mol. The van der Waals surface area contributed by atoms with Crippen LogP contribution in [0.25, 0.3) is 0 Å². The normalized spacial score (nSPS) is 22.4. The molecule has 1 aliphatic rings. The van der Waals surface area contributed by atoms with Gasteiger partial charge in [0.2, 0.25) is 0 Å². The van der Waals surface area contributed by atoms with Gasteiger partial charge in [-0.25, -0.2) is 0 Å². The van der Waals surface area contributed by atoms with Crippen molar-refractivity contribution >= 4 is 0 Å². The molecule has 0 radical (unpaired) electrons. The molecule has 0 spiro atoms.